The summed E-state index contributed by atoms with van der Waals surface area (Å²) in [4.78, 5) is 26.1. The lowest BCUT2D eigenvalue weighted by Crippen LogP contribution is -2.28. The Kier molecular flexibility index (Phi) is 5.30. The lowest BCUT2D eigenvalue weighted by atomic mass is 10.1. The smallest absolute Gasteiger partial charge is 0.231 e. The Morgan fingerprint density at radius 1 is 1.14 bits per heavy atom. The first-order valence-electron chi connectivity index (χ1n) is 8.92. The van der Waals surface area contributed by atoms with Crippen LogP contribution in [0.5, 0.6) is 0 Å². The monoisotopic (exact) mass is 414 g/mol. The van der Waals surface area contributed by atoms with Crippen molar-refractivity contribution in [2.45, 2.75) is 12.8 Å². The molecule has 2 aromatic carbocycles. The standard InChI is InChI=1S/C20H16F2N4O2S/c21-14-7-5-12(6-8-14)9-17-24-25-20(29-17)23-19(28)13-10-18(27)26(11-13)16-4-2-1-3-15(16)22/h1-8,13H,9-11H2,(H,23,25,28)/t13-/m1/s1. The first-order valence-corrected chi connectivity index (χ1v) is 9.74. The quantitative estimate of drug-likeness (QED) is 0.694. The van der Waals surface area contributed by atoms with Crippen LogP contribution in [-0.4, -0.2) is 28.6 Å². The molecule has 0 bridgehead atoms. The molecule has 1 aliphatic rings. The number of amides is 2. The zero-order valence-electron chi connectivity index (χ0n) is 15.1. The van der Waals surface area contributed by atoms with Gasteiger partial charge in [-0.05, 0) is 29.8 Å². The molecule has 1 saturated heterocycles. The molecule has 0 unspecified atom stereocenters. The number of hydrogen-bond acceptors (Lipinski definition) is 5. The van der Waals surface area contributed by atoms with Crippen molar-refractivity contribution in [2.24, 2.45) is 5.92 Å². The van der Waals surface area contributed by atoms with Gasteiger partial charge in [0.25, 0.3) is 0 Å². The molecule has 0 radical (unpaired) electrons. The number of aromatic nitrogens is 2. The van der Waals surface area contributed by atoms with Gasteiger partial charge >= 0.3 is 0 Å². The zero-order chi connectivity index (χ0) is 20.4. The minimum atomic E-state index is -0.605. The minimum Gasteiger partial charge on any atom is -0.309 e. The number of rotatable bonds is 5. The average Bonchev–Trinajstić information content (AvgIpc) is 3.30. The molecule has 1 N–H and O–H groups in total. The van der Waals surface area contributed by atoms with Gasteiger partial charge in [0, 0.05) is 19.4 Å². The Morgan fingerprint density at radius 2 is 1.90 bits per heavy atom. The second-order valence-electron chi connectivity index (χ2n) is 6.65. The number of carbonyl (C=O) groups is 2. The summed E-state index contributed by atoms with van der Waals surface area (Å²) in [7, 11) is 0. The Morgan fingerprint density at radius 3 is 2.66 bits per heavy atom. The summed E-state index contributed by atoms with van der Waals surface area (Å²) in [5, 5.41) is 11.7. The predicted molar refractivity (Wildman–Crippen MR) is 105 cm³/mol. The normalized spacial score (nSPS) is 16.3. The molecule has 2 amide bonds. The van der Waals surface area contributed by atoms with Gasteiger partial charge in [-0.15, -0.1) is 10.2 Å². The largest absolute Gasteiger partial charge is 0.309 e. The zero-order valence-corrected chi connectivity index (χ0v) is 16.0. The van der Waals surface area contributed by atoms with E-state index in [1.54, 1.807) is 24.3 Å². The summed E-state index contributed by atoms with van der Waals surface area (Å²) in [5.74, 6) is -2.08. The number of hydrogen-bond donors (Lipinski definition) is 1. The van der Waals surface area contributed by atoms with E-state index < -0.39 is 11.7 Å². The van der Waals surface area contributed by atoms with Crippen LogP contribution >= 0.6 is 11.3 Å². The molecule has 0 aliphatic carbocycles. The van der Waals surface area contributed by atoms with Gasteiger partial charge < -0.3 is 10.2 Å². The molecule has 1 atom stereocenters. The molecule has 4 rings (SSSR count). The Bertz CT molecular complexity index is 1050. The second kappa shape index (κ2) is 8.04. The van der Waals surface area contributed by atoms with Crippen LogP contribution in [0.15, 0.2) is 48.5 Å². The maximum absolute atomic E-state index is 14.0. The number of anilines is 2. The van der Waals surface area contributed by atoms with Gasteiger partial charge in [0.15, 0.2) is 0 Å². The first-order chi connectivity index (χ1) is 14.0. The highest BCUT2D eigenvalue weighted by atomic mass is 32.1. The number of halogens is 2. The topological polar surface area (TPSA) is 75.2 Å². The van der Waals surface area contributed by atoms with E-state index in [1.165, 1.54) is 40.5 Å². The van der Waals surface area contributed by atoms with E-state index in [-0.39, 0.29) is 36.3 Å². The van der Waals surface area contributed by atoms with E-state index in [1.807, 2.05) is 0 Å². The molecule has 1 fully saturated rings. The van der Waals surface area contributed by atoms with E-state index in [9.17, 15) is 18.4 Å². The van der Waals surface area contributed by atoms with Gasteiger partial charge in [-0.3, -0.25) is 9.59 Å². The van der Waals surface area contributed by atoms with Gasteiger partial charge in [0.05, 0.1) is 11.6 Å². The molecule has 0 spiro atoms. The SMILES string of the molecule is O=C(Nc1nnc(Cc2ccc(F)cc2)s1)[C@@H]1CC(=O)N(c2ccccc2F)C1. The van der Waals surface area contributed by atoms with Gasteiger partial charge in [-0.2, -0.15) is 0 Å². The van der Waals surface area contributed by atoms with Crippen LogP contribution in [0.3, 0.4) is 0 Å². The van der Waals surface area contributed by atoms with E-state index in [0.29, 0.717) is 16.6 Å². The van der Waals surface area contributed by atoms with Crippen LogP contribution in [0, 0.1) is 17.6 Å². The van der Waals surface area contributed by atoms with Crippen LogP contribution in [0.2, 0.25) is 0 Å². The van der Waals surface area contributed by atoms with Gasteiger partial charge in [-0.1, -0.05) is 35.6 Å². The molecule has 148 valence electrons. The molecular formula is C20H16F2N4O2S. The third-order valence-electron chi connectivity index (χ3n) is 4.60. The summed E-state index contributed by atoms with van der Waals surface area (Å²) < 4.78 is 26.9. The highest BCUT2D eigenvalue weighted by Gasteiger charge is 2.36. The number of nitrogens with one attached hydrogen (secondary N) is 1. The Balaban J connectivity index is 1.39. The number of nitrogens with zero attached hydrogens (tertiary/aromatic N) is 3. The summed E-state index contributed by atoms with van der Waals surface area (Å²) >= 11 is 1.21. The molecule has 2 heterocycles. The molecule has 9 heteroatoms. The third-order valence-corrected chi connectivity index (χ3v) is 5.44. The average molecular weight is 414 g/mol. The number of carbonyl (C=O) groups excluding carboxylic acids is 2. The van der Waals surface area contributed by atoms with E-state index in [2.05, 4.69) is 15.5 Å². The van der Waals surface area contributed by atoms with Crippen LogP contribution in [0.1, 0.15) is 17.0 Å². The molecule has 6 nitrogen and oxygen atoms in total. The van der Waals surface area contributed by atoms with Crippen LogP contribution in [0.4, 0.5) is 19.6 Å². The van der Waals surface area contributed by atoms with Crippen LogP contribution in [-0.2, 0) is 16.0 Å². The molecule has 0 saturated carbocycles. The lowest BCUT2D eigenvalue weighted by molar-refractivity contribution is -0.122. The Labute approximate surface area is 169 Å². The van der Waals surface area contributed by atoms with E-state index in [0.717, 1.165) is 5.56 Å². The van der Waals surface area contributed by atoms with Gasteiger partial charge in [-0.25, -0.2) is 8.78 Å². The van der Waals surface area contributed by atoms with Crippen molar-refractivity contribution in [3.8, 4) is 0 Å². The molecule has 29 heavy (non-hydrogen) atoms. The van der Waals surface area contributed by atoms with Crippen LogP contribution in [0.25, 0.3) is 0 Å². The molecule has 1 aromatic heterocycles. The van der Waals surface area contributed by atoms with Gasteiger partial charge in [0.2, 0.25) is 16.9 Å². The fourth-order valence-corrected chi connectivity index (χ4v) is 3.92. The number of para-hydroxylation sites is 1. The van der Waals surface area contributed by atoms with E-state index >= 15 is 0 Å². The lowest BCUT2D eigenvalue weighted by Gasteiger charge is -2.17. The Hall–Kier alpha value is -3.20. The summed E-state index contributed by atoms with van der Waals surface area (Å²) in [6.07, 6.45) is 0.470. The molecular weight excluding hydrogens is 398 g/mol. The summed E-state index contributed by atoms with van der Waals surface area (Å²) in [6, 6.07) is 12.0. The predicted octanol–water partition coefficient (Wildman–Crippen LogP) is 3.40. The molecule has 1 aliphatic heterocycles. The van der Waals surface area contributed by atoms with E-state index in [4.69, 9.17) is 0 Å². The van der Waals surface area contributed by atoms with Crippen molar-refractivity contribution in [2.75, 3.05) is 16.8 Å². The highest BCUT2D eigenvalue weighted by molar-refractivity contribution is 7.15. The van der Waals surface area contributed by atoms with Crippen molar-refractivity contribution in [1.29, 1.82) is 0 Å². The van der Waals surface area contributed by atoms with Gasteiger partial charge in [0.1, 0.15) is 16.6 Å². The fraction of sp³-hybridized carbons (Fsp3) is 0.200. The maximum atomic E-state index is 14.0. The first kappa shape index (κ1) is 19.1. The second-order valence-corrected chi connectivity index (χ2v) is 7.71. The summed E-state index contributed by atoms with van der Waals surface area (Å²) in [6.45, 7) is 0.104. The summed E-state index contributed by atoms with van der Waals surface area (Å²) in [5.41, 5.74) is 1.05. The third kappa shape index (κ3) is 4.29. The minimum absolute atomic E-state index is 0.00140. The highest BCUT2D eigenvalue weighted by Crippen LogP contribution is 2.28. The van der Waals surface area contributed by atoms with Crippen molar-refractivity contribution in [3.05, 3.63) is 70.7 Å². The van der Waals surface area contributed by atoms with Crippen molar-refractivity contribution >= 4 is 34.0 Å². The van der Waals surface area contributed by atoms with Crippen molar-refractivity contribution < 1.29 is 18.4 Å². The van der Waals surface area contributed by atoms with Crippen molar-refractivity contribution in [1.82, 2.24) is 10.2 Å². The van der Waals surface area contributed by atoms with Crippen molar-refractivity contribution in [3.63, 3.8) is 0 Å². The number of benzene rings is 2. The molecule has 3 aromatic rings. The van der Waals surface area contributed by atoms with Crippen LogP contribution < -0.4 is 10.2 Å². The fourth-order valence-electron chi connectivity index (χ4n) is 3.15. The maximum Gasteiger partial charge on any atom is 0.231 e.